The van der Waals surface area contributed by atoms with Gasteiger partial charge in [-0.3, -0.25) is 19.3 Å². The van der Waals surface area contributed by atoms with E-state index in [4.69, 9.17) is 0 Å². The number of amides is 2. The number of alkyl halides is 1. The first kappa shape index (κ1) is 13.0. The first-order chi connectivity index (χ1) is 9.97. The highest BCUT2D eigenvalue weighted by Gasteiger charge is 2.63. The van der Waals surface area contributed by atoms with E-state index in [1.54, 1.807) is 12.1 Å². The topological polar surface area (TPSA) is 54.5 Å². The fourth-order valence-corrected chi connectivity index (χ4v) is 4.67. The Morgan fingerprint density at radius 1 is 1.14 bits per heavy atom. The molecule has 4 aliphatic rings. The molecular weight excluding hydrogens is 334 g/mol. The van der Waals surface area contributed by atoms with E-state index in [9.17, 15) is 14.4 Å². The summed E-state index contributed by atoms with van der Waals surface area (Å²) in [6.45, 7) is 0. The molecule has 0 aromatic heterocycles. The van der Waals surface area contributed by atoms with E-state index in [1.807, 2.05) is 24.3 Å². The number of rotatable bonds is 0. The SMILES string of the molecule is CN1C(=O)C2C3C=CC(Br)(C(=O)c4ccccc43)C2C1=O. The van der Waals surface area contributed by atoms with Crippen molar-refractivity contribution in [2.75, 3.05) is 7.05 Å². The summed E-state index contributed by atoms with van der Waals surface area (Å²) in [5.74, 6) is -2.00. The number of hydrogen-bond donors (Lipinski definition) is 0. The first-order valence-electron chi connectivity index (χ1n) is 6.80. The lowest BCUT2D eigenvalue weighted by molar-refractivity contribution is -0.138. The van der Waals surface area contributed by atoms with Gasteiger partial charge in [-0.2, -0.15) is 0 Å². The molecule has 2 bridgehead atoms. The van der Waals surface area contributed by atoms with Gasteiger partial charge in [-0.25, -0.2) is 0 Å². The van der Waals surface area contributed by atoms with Crippen LogP contribution in [0.3, 0.4) is 0 Å². The van der Waals surface area contributed by atoms with Gasteiger partial charge in [0.05, 0.1) is 11.8 Å². The quantitative estimate of drug-likeness (QED) is 0.410. The van der Waals surface area contributed by atoms with Crippen molar-refractivity contribution in [3.63, 3.8) is 0 Å². The van der Waals surface area contributed by atoms with Crippen LogP contribution >= 0.6 is 15.9 Å². The summed E-state index contributed by atoms with van der Waals surface area (Å²) >= 11 is 3.48. The van der Waals surface area contributed by atoms with E-state index in [0.29, 0.717) is 5.56 Å². The lowest BCUT2D eigenvalue weighted by atomic mass is 9.71. The lowest BCUT2D eigenvalue weighted by Crippen LogP contribution is -2.45. The number of halogens is 1. The molecule has 1 heterocycles. The van der Waals surface area contributed by atoms with Crippen LogP contribution in [-0.2, 0) is 9.59 Å². The Hall–Kier alpha value is -1.75. The molecule has 1 saturated heterocycles. The third-order valence-electron chi connectivity index (χ3n) is 4.87. The van der Waals surface area contributed by atoms with Crippen molar-refractivity contribution in [2.24, 2.45) is 11.8 Å². The van der Waals surface area contributed by atoms with E-state index in [1.165, 1.54) is 7.05 Å². The second-order valence-corrected chi connectivity index (χ2v) is 7.12. The normalized spacial score (nSPS) is 36.8. The van der Waals surface area contributed by atoms with Crippen molar-refractivity contribution in [3.8, 4) is 0 Å². The van der Waals surface area contributed by atoms with Crippen molar-refractivity contribution in [3.05, 3.63) is 47.5 Å². The average Bonchev–Trinajstić information content (AvgIpc) is 2.63. The molecule has 0 saturated carbocycles. The Morgan fingerprint density at radius 2 is 1.86 bits per heavy atom. The van der Waals surface area contributed by atoms with Gasteiger partial charge in [-0.05, 0) is 5.56 Å². The van der Waals surface area contributed by atoms with Gasteiger partial charge in [0.1, 0.15) is 4.32 Å². The van der Waals surface area contributed by atoms with Crippen molar-refractivity contribution < 1.29 is 14.4 Å². The fraction of sp³-hybridized carbons (Fsp3) is 0.312. The van der Waals surface area contributed by atoms with Gasteiger partial charge in [-0.15, -0.1) is 0 Å². The first-order valence-corrected chi connectivity index (χ1v) is 7.59. The number of hydrogen-bond acceptors (Lipinski definition) is 3. The zero-order valence-corrected chi connectivity index (χ0v) is 12.8. The van der Waals surface area contributed by atoms with Gasteiger partial charge in [0.25, 0.3) is 0 Å². The molecule has 0 N–H and O–H groups in total. The minimum Gasteiger partial charge on any atom is -0.292 e. The van der Waals surface area contributed by atoms with Crippen LogP contribution < -0.4 is 0 Å². The Balaban J connectivity index is 2.04. The van der Waals surface area contributed by atoms with Crippen LogP contribution in [0.4, 0.5) is 0 Å². The largest absolute Gasteiger partial charge is 0.292 e. The molecule has 1 aromatic carbocycles. The predicted octanol–water partition coefficient (Wildman–Crippen LogP) is 1.90. The van der Waals surface area contributed by atoms with Gasteiger partial charge in [0.2, 0.25) is 11.8 Å². The maximum atomic E-state index is 12.9. The summed E-state index contributed by atoms with van der Waals surface area (Å²) in [5, 5.41) is 0. The molecule has 4 unspecified atom stereocenters. The minimum absolute atomic E-state index is 0.138. The zero-order chi connectivity index (χ0) is 14.9. The Bertz CT molecular complexity index is 741. The Morgan fingerprint density at radius 3 is 2.62 bits per heavy atom. The third kappa shape index (κ3) is 1.37. The van der Waals surface area contributed by atoms with Crippen LogP contribution in [0, 0.1) is 11.8 Å². The molecule has 0 spiro atoms. The fourth-order valence-electron chi connectivity index (χ4n) is 3.82. The monoisotopic (exact) mass is 345 g/mol. The summed E-state index contributed by atoms with van der Waals surface area (Å²) in [7, 11) is 1.49. The summed E-state index contributed by atoms with van der Waals surface area (Å²) in [6, 6.07) is 7.32. The number of carbonyl (C=O) groups is 3. The molecule has 5 rings (SSSR count). The van der Waals surface area contributed by atoms with Crippen molar-refractivity contribution in [2.45, 2.75) is 10.2 Å². The molecule has 1 aromatic rings. The Labute approximate surface area is 129 Å². The number of allylic oxidation sites excluding steroid dienone is 2. The molecule has 21 heavy (non-hydrogen) atoms. The highest BCUT2D eigenvalue weighted by atomic mass is 79.9. The van der Waals surface area contributed by atoms with E-state index in [-0.39, 0.29) is 23.5 Å². The highest BCUT2D eigenvalue weighted by molar-refractivity contribution is 9.10. The summed E-state index contributed by atoms with van der Waals surface area (Å²) < 4.78 is -1.11. The maximum absolute atomic E-state index is 12.9. The Kier molecular flexibility index (Phi) is 2.41. The van der Waals surface area contributed by atoms with Gasteiger partial charge in [0, 0.05) is 18.5 Å². The van der Waals surface area contributed by atoms with Gasteiger partial charge in [-0.1, -0.05) is 52.3 Å². The summed E-state index contributed by atoms with van der Waals surface area (Å²) in [5.41, 5.74) is 1.44. The van der Waals surface area contributed by atoms with Crippen LogP contribution in [0.25, 0.3) is 0 Å². The number of Topliss-reactive ketones (excluding diaryl/α,β-unsaturated/α-hetero) is 1. The number of carbonyl (C=O) groups excluding carboxylic acids is 3. The van der Waals surface area contributed by atoms with Crippen LogP contribution in [0.1, 0.15) is 21.8 Å². The van der Waals surface area contributed by atoms with Crippen LogP contribution in [0.2, 0.25) is 0 Å². The third-order valence-corrected chi connectivity index (χ3v) is 5.99. The molecule has 1 aliphatic heterocycles. The molecule has 3 aliphatic carbocycles. The van der Waals surface area contributed by atoms with Gasteiger partial charge in [0.15, 0.2) is 5.78 Å². The minimum atomic E-state index is -1.11. The van der Waals surface area contributed by atoms with Crippen molar-refractivity contribution in [1.82, 2.24) is 4.90 Å². The van der Waals surface area contributed by atoms with Crippen molar-refractivity contribution in [1.29, 1.82) is 0 Å². The lowest BCUT2D eigenvalue weighted by Gasteiger charge is -2.33. The second kappa shape index (κ2) is 3.91. The molecule has 4 atom stereocenters. The van der Waals surface area contributed by atoms with Crippen LogP contribution in [0.5, 0.6) is 0 Å². The van der Waals surface area contributed by atoms with Crippen LogP contribution in [0.15, 0.2) is 36.4 Å². The number of ketones is 1. The number of benzene rings is 1. The van der Waals surface area contributed by atoms with Crippen molar-refractivity contribution >= 4 is 33.5 Å². The average molecular weight is 346 g/mol. The maximum Gasteiger partial charge on any atom is 0.235 e. The molecular formula is C16H12BrNO3. The predicted molar refractivity (Wildman–Crippen MR) is 79.1 cm³/mol. The number of nitrogens with zero attached hydrogens (tertiary/aromatic N) is 1. The van der Waals surface area contributed by atoms with Crippen LogP contribution in [-0.4, -0.2) is 33.9 Å². The summed E-state index contributed by atoms with van der Waals surface area (Å²) in [6.07, 6.45) is 3.65. The van der Waals surface area contributed by atoms with E-state index >= 15 is 0 Å². The molecule has 4 nitrogen and oxygen atoms in total. The van der Waals surface area contributed by atoms with E-state index in [2.05, 4.69) is 15.9 Å². The molecule has 2 amide bonds. The van der Waals surface area contributed by atoms with Gasteiger partial charge < -0.3 is 0 Å². The molecule has 5 heteroatoms. The van der Waals surface area contributed by atoms with E-state index in [0.717, 1.165) is 10.5 Å². The van der Waals surface area contributed by atoms with Gasteiger partial charge >= 0.3 is 0 Å². The van der Waals surface area contributed by atoms with E-state index < -0.39 is 16.2 Å². The number of likely N-dealkylation sites (tertiary alicyclic amines) is 1. The second-order valence-electron chi connectivity index (χ2n) is 5.81. The summed E-state index contributed by atoms with van der Waals surface area (Å²) in [4.78, 5) is 39.1. The standard InChI is InChI=1S/C16H12BrNO3/c1-18-14(20)11-9-6-7-16(17,12(11)15(18)21)13(19)10-5-3-2-4-8(9)10/h2-7,9,11-12H,1H3. The molecule has 106 valence electrons. The molecule has 0 radical (unpaired) electrons. The number of imide groups is 1. The zero-order valence-electron chi connectivity index (χ0n) is 11.2. The molecule has 1 fully saturated rings. The highest BCUT2D eigenvalue weighted by Crippen LogP contribution is 2.55. The smallest absolute Gasteiger partial charge is 0.235 e.